The minimum atomic E-state index is -0.157. The van der Waals surface area contributed by atoms with Gasteiger partial charge in [-0.05, 0) is 36.3 Å². The van der Waals surface area contributed by atoms with Crippen LogP contribution >= 0.6 is 11.3 Å². The van der Waals surface area contributed by atoms with Crippen LogP contribution in [0, 0.1) is 6.92 Å². The number of carbonyl (C=O) groups excluding carboxylic acids is 1. The smallest absolute Gasteiger partial charge is 0.268 e. The fourth-order valence-corrected chi connectivity index (χ4v) is 3.84. The highest BCUT2D eigenvalue weighted by Crippen LogP contribution is 2.22. The first kappa shape index (κ1) is 19.6. The third kappa shape index (κ3) is 4.07. The first-order valence-corrected chi connectivity index (χ1v) is 9.47. The fraction of sp³-hybridized carbons (Fsp3) is 0.182. The summed E-state index contributed by atoms with van der Waals surface area (Å²) in [7, 11) is 4.82. The first-order chi connectivity index (χ1) is 13.4. The molecule has 1 aromatic heterocycles. The van der Waals surface area contributed by atoms with Gasteiger partial charge in [-0.1, -0.05) is 24.3 Å². The number of nitrogens with zero attached hydrogens (tertiary/aromatic N) is 1. The zero-order valence-corrected chi connectivity index (χ0v) is 17.0. The van der Waals surface area contributed by atoms with Crippen LogP contribution in [0.4, 0.5) is 0 Å². The van der Waals surface area contributed by atoms with Crippen molar-refractivity contribution in [2.45, 2.75) is 6.92 Å². The Bertz CT molecular complexity index is 1180. The van der Waals surface area contributed by atoms with E-state index in [4.69, 9.17) is 9.47 Å². The van der Waals surface area contributed by atoms with E-state index in [1.54, 1.807) is 39.5 Å². The van der Waals surface area contributed by atoms with E-state index in [1.807, 2.05) is 37.3 Å². The van der Waals surface area contributed by atoms with E-state index in [0.29, 0.717) is 26.3 Å². The molecule has 0 N–H and O–H groups in total. The number of aromatic nitrogens is 1. The molecule has 0 saturated carbocycles. The molecule has 0 aliphatic rings. The van der Waals surface area contributed by atoms with Gasteiger partial charge in [0.15, 0.2) is 5.78 Å². The van der Waals surface area contributed by atoms with Crippen LogP contribution in [0.5, 0.6) is 11.5 Å². The summed E-state index contributed by atoms with van der Waals surface area (Å²) in [6.45, 7) is 1.89. The van der Waals surface area contributed by atoms with E-state index >= 15 is 0 Å². The summed E-state index contributed by atoms with van der Waals surface area (Å²) in [4.78, 5) is 25.3. The molecule has 0 spiro atoms. The van der Waals surface area contributed by atoms with Crippen LogP contribution in [-0.4, -0.2) is 24.6 Å². The fourth-order valence-electron chi connectivity index (χ4n) is 2.81. The molecule has 6 heteroatoms. The second-order valence-electron chi connectivity index (χ2n) is 6.28. The number of thiazole rings is 1. The Labute approximate surface area is 166 Å². The Morgan fingerprint density at radius 2 is 1.71 bits per heavy atom. The van der Waals surface area contributed by atoms with Gasteiger partial charge in [-0.25, -0.2) is 0 Å². The third-order valence-corrected chi connectivity index (χ3v) is 5.51. The van der Waals surface area contributed by atoms with E-state index in [1.165, 1.54) is 22.0 Å². The second-order valence-corrected chi connectivity index (χ2v) is 7.34. The van der Waals surface area contributed by atoms with Crippen molar-refractivity contribution >= 4 is 29.3 Å². The Morgan fingerprint density at radius 1 is 1.07 bits per heavy atom. The van der Waals surface area contributed by atoms with Gasteiger partial charge in [-0.3, -0.25) is 9.59 Å². The van der Waals surface area contributed by atoms with E-state index in [0.717, 1.165) is 11.1 Å². The summed E-state index contributed by atoms with van der Waals surface area (Å²) in [6, 6.07) is 12.8. The molecule has 144 valence electrons. The summed E-state index contributed by atoms with van der Waals surface area (Å²) >= 11 is 1.27. The normalized spacial score (nSPS) is 12.3. The van der Waals surface area contributed by atoms with Gasteiger partial charge in [-0.15, -0.1) is 11.3 Å². The van der Waals surface area contributed by atoms with Gasteiger partial charge in [0.2, 0.25) is 0 Å². The molecule has 1 heterocycles. The van der Waals surface area contributed by atoms with Crippen molar-refractivity contribution in [3.05, 3.63) is 78.7 Å². The lowest BCUT2D eigenvalue weighted by molar-refractivity contribution is 0.106. The molecule has 0 fully saturated rings. The monoisotopic (exact) mass is 395 g/mol. The van der Waals surface area contributed by atoms with Crippen molar-refractivity contribution < 1.29 is 14.3 Å². The number of methoxy groups -OCH3 is 2. The van der Waals surface area contributed by atoms with E-state index in [2.05, 4.69) is 0 Å². The van der Waals surface area contributed by atoms with Gasteiger partial charge in [0.1, 0.15) is 16.2 Å². The molecule has 28 heavy (non-hydrogen) atoms. The number of rotatable bonds is 5. The molecule has 0 unspecified atom stereocenters. The molecule has 0 aliphatic heterocycles. The predicted octanol–water partition coefficient (Wildman–Crippen LogP) is 2.26. The van der Waals surface area contributed by atoms with Crippen LogP contribution in [0.3, 0.4) is 0 Å². The lowest BCUT2D eigenvalue weighted by atomic mass is 10.1. The van der Waals surface area contributed by atoms with Gasteiger partial charge >= 0.3 is 0 Å². The number of Topliss-reactive ketones (excluding diaryl/α,β-unsaturated/α-hetero) is 1. The van der Waals surface area contributed by atoms with Crippen molar-refractivity contribution in [2.24, 2.45) is 7.05 Å². The molecule has 0 radical (unpaired) electrons. The van der Waals surface area contributed by atoms with Crippen LogP contribution < -0.4 is 24.2 Å². The highest BCUT2D eigenvalue weighted by atomic mass is 32.1. The maximum atomic E-state index is 12.6. The van der Waals surface area contributed by atoms with Gasteiger partial charge in [0.05, 0.1) is 18.8 Å². The van der Waals surface area contributed by atoms with E-state index < -0.39 is 0 Å². The van der Waals surface area contributed by atoms with Crippen molar-refractivity contribution in [2.75, 3.05) is 14.2 Å². The lowest BCUT2D eigenvalue weighted by Gasteiger charge is -2.05. The molecular weight excluding hydrogens is 374 g/mol. The molecule has 0 atom stereocenters. The summed E-state index contributed by atoms with van der Waals surface area (Å²) in [5.74, 6) is 1.16. The Balaban J connectivity index is 2.10. The highest BCUT2D eigenvalue weighted by Gasteiger charge is 2.08. The molecule has 2 aromatic carbocycles. The molecule has 3 rings (SSSR count). The maximum Gasteiger partial charge on any atom is 0.268 e. The van der Waals surface area contributed by atoms with Crippen molar-refractivity contribution in [1.29, 1.82) is 0 Å². The molecule has 0 saturated heterocycles. The number of ketones is 1. The number of carbonyl (C=O) groups is 1. The largest absolute Gasteiger partial charge is 0.497 e. The topological polar surface area (TPSA) is 57.5 Å². The van der Waals surface area contributed by atoms with Crippen molar-refractivity contribution in [3.63, 3.8) is 0 Å². The summed E-state index contributed by atoms with van der Waals surface area (Å²) in [5.41, 5.74) is 2.16. The standard InChI is InChI=1S/C22H21NO4S/c1-14-7-5-6-8-18(14)19(24)13-21-23(2)22(25)20(28-21)11-15-9-16(26-3)12-17(10-15)27-4/h5-13H,1-4H3/b20-11-,21-13-. The average molecular weight is 395 g/mol. The molecule has 0 aliphatic carbocycles. The molecule has 3 aromatic rings. The zero-order valence-electron chi connectivity index (χ0n) is 16.2. The quantitative estimate of drug-likeness (QED) is 0.622. The molecule has 0 bridgehead atoms. The Hall–Kier alpha value is -3.12. The van der Waals surface area contributed by atoms with Gasteiger partial charge in [0.25, 0.3) is 5.56 Å². The van der Waals surface area contributed by atoms with Crippen LogP contribution in [0.25, 0.3) is 12.2 Å². The molecule has 5 nitrogen and oxygen atoms in total. The van der Waals surface area contributed by atoms with E-state index in [-0.39, 0.29) is 11.3 Å². The van der Waals surface area contributed by atoms with Gasteiger partial charge in [0, 0.05) is 24.8 Å². The van der Waals surface area contributed by atoms with Crippen molar-refractivity contribution in [1.82, 2.24) is 4.57 Å². The second kappa shape index (κ2) is 8.27. The SMILES string of the molecule is COc1cc(/C=c2\s/c(=C\C(=O)c3ccccc3C)n(C)c2=O)cc(OC)c1. The van der Waals surface area contributed by atoms with Crippen LogP contribution in [0.1, 0.15) is 21.5 Å². The summed E-state index contributed by atoms with van der Waals surface area (Å²) in [6.07, 6.45) is 3.28. The average Bonchev–Trinajstić information content (AvgIpc) is 2.95. The zero-order chi connectivity index (χ0) is 20.3. The summed E-state index contributed by atoms with van der Waals surface area (Å²) < 4.78 is 13.2. The van der Waals surface area contributed by atoms with Gasteiger partial charge < -0.3 is 14.0 Å². The molecular formula is C22H21NO4S. The summed E-state index contributed by atoms with van der Waals surface area (Å²) in [5, 5.41) is 0. The maximum absolute atomic E-state index is 12.6. The van der Waals surface area contributed by atoms with E-state index in [9.17, 15) is 9.59 Å². The van der Waals surface area contributed by atoms with Crippen LogP contribution in [0.15, 0.2) is 47.3 Å². The number of aryl methyl sites for hydroxylation is 1. The third-order valence-electron chi connectivity index (χ3n) is 4.40. The highest BCUT2D eigenvalue weighted by molar-refractivity contribution is 7.07. The predicted molar refractivity (Wildman–Crippen MR) is 112 cm³/mol. The number of hydrogen-bond acceptors (Lipinski definition) is 5. The number of hydrogen-bond donors (Lipinski definition) is 0. The Kier molecular flexibility index (Phi) is 5.80. The minimum absolute atomic E-state index is 0.121. The van der Waals surface area contributed by atoms with Crippen LogP contribution in [0.2, 0.25) is 0 Å². The Morgan fingerprint density at radius 3 is 2.32 bits per heavy atom. The minimum Gasteiger partial charge on any atom is -0.497 e. The van der Waals surface area contributed by atoms with Gasteiger partial charge in [-0.2, -0.15) is 0 Å². The lowest BCUT2D eigenvalue weighted by Crippen LogP contribution is -2.29. The first-order valence-electron chi connectivity index (χ1n) is 8.65. The number of ether oxygens (including phenoxy) is 2. The molecule has 0 amide bonds. The number of benzene rings is 2. The van der Waals surface area contributed by atoms with Crippen molar-refractivity contribution in [3.8, 4) is 11.5 Å². The van der Waals surface area contributed by atoms with Crippen LogP contribution in [-0.2, 0) is 7.05 Å².